The van der Waals surface area contributed by atoms with Crippen LogP contribution in [0.15, 0.2) is 12.1 Å². The van der Waals surface area contributed by atoms with Gasteiger partial charge in [-0.15, -0.1) is 12.4 Å². The summed E-state index contributed by atoms with van der Waals surface area (Å²) >= 11 is 0. The van der Waals surface area contributed by atoms with Crippen LogP contribution < -0.4 is 19.5 Å². The summed E-state index contributed by atoms with van der Waals surface area (Å²) in [6.45, 7) is 4.15. The Morgan fingerprint density at radius 3 is 2.16 bits per heavy atom. The number of nitrogens with one attached hydrogen (secondary N) is 1. The maximum atomic E-state index is 12.4. The Balaban J connectivity index is 0.00000312. The second-order valence-electron chi connectivity index (χ2n) is 5.81. The molecule has 0 spiro atoms. The number of piperazine rings is 1. The Kier molecular flexibility index (Phi) is 8.82. The fourth-order valence-corrected chi connectivity index (χ4v) is 2.80. The quantitative estimate of drug-likeness (QED) is 0.769. The molecule has 1 N–H and O–H groups in total. The van der Waals surface area contributed by atoms with Crippen molar-refractivity contribution < 1.29 is 19.0 Å². The Morgan fingerprint density at radius 2 is 1.68 bits per heavy atom. The van der Waals surface area contributed by atoms with E-state index in [0.717, 1.165) is 31.7 Å². The average Bonchev–Trinajstić information content (AvgIpc) is 2.62. The van der Waals surface area contributed by atoms with Crippen LogP contribution in [0.4, 0.5) is 0 Å². The summed E-state index contributed by atoms with van der Waals surface area (Å²) < 4.78 is 16.2. The van der Waals surface area contributed by atoms with Crippen LogP contribution in [-0.4, -0.2) is 76.8 Å². The number of rotatable bonds is 7. The van der Waals surface area contributed by atoms with Crippen LogP contribution in [0.2, 0.25) is 0 Å². The van der Waals surface area contributed by atoms with Crippen molar-refractivity contribution in [2.75, 3.05) is 61.1 Å². The second kappa shape index (κ2) is 10.3. The molecule has 0 radical (unpaired) electrons. The molecule has 1 aliphatic heterocycles. The Morgan fingerprint density at radius 1 is 1.12 bits per heavy atom. The van der Waals surface area contributed by atoms with Crippen molar-refractivity contribution in [2.24, 2.45) is 0 Å². The fourth-order valence-electron chi connectivity index (χ4n) is 2.80. The summed E-state index contributed by atoms with van der Waals surface area (Å²) in [6.07, 6.45) is 0. The molecular weight excluding hydrogens is 346 g/mol. The number of ether oxygens (including phenoxy) is 3. The van der Waals surface area contributed by atoms with Gasteiger partial charge < -0.3 is 24.4 Å². The predicted octanol–water partition coefficient (Wildman–Crippen LogP) is 0.998. The SMILES string of the molecule is COc1cc(OC)c(CN(C)CC(=O)N2CCNCC2)c(OC)c1.Cl. The van der Waals surface area contributed by atoms with Crippen molar-refractivity contribution in [3.63, 3.8) is 0 Å². The molecule has 1 aliphatic rings. The first kappa shape index (κ1) is 21.3. The van der Waals surface area contributed by atoms with Gasteiger partial charge in [-0.05, 0) is 7.05 Å². The number of halogens is 1. The van der Waals surface area contributed by atoms with E-state index < -0.39 is 0 Å². The number of methoxy groups -OCH3 is 3. The third kappa shape index (κ3) is 5.66. The minimum Gasteiger partial charge on any atom is -0.496 e. The lowest BCUT2D eigenvalue weighted by Crippen LogP contribution is -2.49. The zero-order chi connectivity index (χ0) is 17.5. The molecule has 142 valence electrons. The molecule has 0 aliphatic carbocycles. The van der Waals surface area contributed by atoms with Gasteiger partial charge in [-0.1, -0.05) is 0 Å². The zero-order valence-electron chi connectivity index (χ0n) is 15.3. The largest absolute Gasteiger partial charge is 0.496 e. The Bertz CT molecular complexity index is 540. The van der Waals surface area contributed by atoms with E-state index in [1.165, 1.54) is 0 Å². The number of benzene rings is 1. The second-order valence-corrected chi connectivity index (χ2v) is 5.81. The monoisotopic (exact) mass is 373 g/mol. The average molecular weight is 374 g/mol. The van der Waals surface area contributed by atoms with Gasteiger partial charge in [0.2, 0.25) is 5.91 Å². The summed E-state index contributed by atoms with van der Waals surface area (Å²) in [5.74, 6) is 2.19. The third-order valence-electron chi connectivity index (χ3n) is 4.12. The van der Waals surface area contributed by atoms with Crippen LogP contribution >= 0.6 is 12.4 Å². The molecule has 0 saturated carbocycles. The minimum absolute atomic E-state index is 0. The highest BCUT2D eigenvalue weighted by atomic mass is 35.5. The topological polar surface area (TPSA) is 63.3 Å². The molecule has 0 aromatic heterocycles. The Labute approximate surface area is 155 Å². The maximum absolute atomic E-state index is 12.4. The van der Waals surface area contributed by atoms with Gasteiger partial charge in [0.05, 0.1) is 33.4 Å². The molecule has 1 aromatic carbocycles. The highest BCUT2D eigenvalue weighted by Crippen LogP contribution is 2.34. The van der Waals surface area contributed by atoms with Gasteiger partial charge in [0.15, 0.2) is 0 Å². The van der Waals surface area contributed by atoms with E-state index >= 15 is 0 Å². The van der Waals surface area contributed by atoms with E-state index in [4.69, 9.17) is 14.2 Å². The summed E-state index contributed by atoms with van der Waals surface area (Å²) in [6, 6.07) is 3.65. The van der Waals surface area contributed by atoms with E-state index in [9.17, 15) is 4.79 Å². The first-order valence-corrected chi connectivity index (χ1v) is 8.05. The molecule has 1 heterocycles. The Hall–Kier alpha value is -1.70. The van der Waals surface area contributed by atoms with Crippen molar-refractivity contribution in [3.05, 3.63) is 17.7 Å². The van der Waals surface area contributed by atoms with E-state index in [2.05, 4.69) is 5.32 Å². The van der Waals surface area contributed by atoms with Crippen molar-refractivity contribution >= 4 is 18.3 Å². The van der Waals surface area contributed by atoms with Crippen molar-refractivity contribution in [1.82, 2.24) is 15.1 Å². The zero-order valence-corrected chi connectivity index (χ0v) is 16.1. The van der Waals surface area contributed by atoms with Crippen LogP contribution in [0.3, 0.4) is 0 Å². The number of likely N-dealkylation sites (N-methyl/N-ethyl adjacent to an activating group) is 1. The molecular formula is C17H28ClN3O4. The molecule has 0 unspecified atom stereocenters. The van der Waals surface area contributed by atoms with Crippen LogP contribution in [0.25, 0.3) is 0 Å². The number of amides is 1. The van der Waals surface area contributed by atoms with Crippen molar-refractivity contribution in [1.29, 1.82) is 0 Å². The fraction of sp³-hybridized carbons (Fsp3) is 0.588. The first-order chi connectivity index (χ1) is 11.6. The van der Waals surface area contributed by atoms with Gasteiger partial charge in [-0.25, -0.2) is 0 Å². The lowest BCUT2D eigenvalue weighted by atomic mass is 10.1. The van der Waals surface area contributed by atoms with Gasteiger partial charge in [-0.3, -0.25) is 9.69 Å². The van der Waals surface area contributed by atoms with Crippen LogP contribution in [0, 0.1) is 0 Å². The van der Waals surface area contributed by atoms with Gasteiger partial charge in [0.1, 0.15) is 17.2 Å². The smallest absolute Gasteiger partial charge is 0.236 e. The van der Waals surface area contributed by atoms with Gasteiger partial charge >= 0.3 is 0 Å². The molecule has 1 fully saturated rings. The molecule has 2 rings (SSSR count). The van der Waals surface area contributed by atoms with Crippen LogP contribution in [-0.2, 0) is 11.3 Å². The lowest BCUT2D eigenvalue weighted by Gasteiger charge is -2.29. The summed E-state index contributed by atoms with van der Waals surface area (Å²) in [5, 5.41) is 3.25. The number of hydrogen-bond acceptors (Lipinski definition) is 6. The summed E-state index contributed by atoms with van der Waals surface area (Å²) in [5.41, 5.74) is 0.899. The lowest BCUT2D eigenvalue weighted by molar-refractivity contribution is -0.132. The van der Waals surface area contributed by atoms with E-state index in [-0.39, 0.29) is 18.3 Å². The molecule has 7 nitrogen and oxygen atoms in total. The number of nitrogens with zero attached hydrogens (tertiary/aromatic N) is 2. The molecule has 1 saturated heterocycles. The predicted molar refractivity (Wildman–Crippen MR) is 99.1 cm³/mol. The summed E-state index contributed by atoms with van der Waals surface area (Å²) in [7, 11) is 6.75. The van der Waals surface area contributed by atoms with Crippen LogP contribution in [0.1, 0.15) is 5.56 Å². The van der Waals surface area contributed by atoms with Crippen molar-refractivity contribution in [3.8, 4) is 17.2 Å². The highest BCUT2D eigenvalue weighted by Gasteiger charge is 2.20. The molecule has 25 heavy (non-hydrogen) atoms. The minimum atomic E-state index is 0. The molecule has 0 bridgehead atoms. The molecule has 8 heteroatoms. The van der Waals surface area contributed by atoms with E-state index in [1.807, 2.05) is 29.0 Å². The standard InChI is InChI=1S/C17H27N3O4.ClH/c1-19(12-17(21)20-7-5-18-6-8-20)11-14-15(23-3)9-13(22-2)10-16(14)24-4;/h9-10,18H,5-8,11-12H2,1-4H3;1H. The van der Waals surface area contributed by atoms with Gasteiger partial charge in [0, 0.05) is 44.9 Å². The van der Waals surface area contributed by atoms with E-state index in [1.54, 1.807) is 21.3 Å². The third-order valence-corrected chi connectivity index (χ3v) is 4.12. The maximum Gasteiger partial charge on any atom is 0.236 e. The van der Waals surface area contributed by atoms with Crippen molar-refractivity contribution in [2.45, 2.75) is 6.54 Å². The molecule has 1 amide bonds. The van der Waals surface area contributed by atoms with Crippen LogP contribution in [0.5, 0.6) is 17.2 Å². The number of carbonyl (C=O) groups is 1. The number of carbonyl (C=O) groups excluding carboxylic acids is 1. The first-order valence-electron chi connectivity index (χ1n) is 8.05. The van der Waals surface area contributed by atoms with Gasteiger partial charge in [-0.2, -0.15) is 0 Å². The molecule has 1 aromatic rings. The van der Waals surface area contributed by atoms with E-state index in [0.29, 0.717) is 30.3 Å². The van der Waals surface area contributed by atoms with Gasteiger partial charge in [0.25, 0.3) is 0 Å². The normalized spacial score (nSPS) is 14.0. The summed E-state index contributed by atoms with van der Waals surface area (Å²) in [4.78, 5) is 16.2. The molecule has 0 atom stereocenters. The highest BCUT2D eigenvalue weighted by molar-refractivity contribution is 5.85. The number of hydrogen-bond donors (Lipinski definition) is 1.